The topological polar surface area (TPSA) is 109 Å². The van der Waals surface area contributed by atoms with Gasteiger partial charge in [-0.2, -0.15) is 17.5 Å². The number of carbonyl (C=O) groups is 3. The maximum Gasteiger partial charge on any atom is 0.405 e. The van der Waals surface area contributed by atoms with E-state index in [1.807, 2.05) is 0 Å². The van der Waals surface area contributed by atoms with Crippen LogP contribution in [0, 0.1) is 6.92 Å². The summed E-state index contributed by atoms with van der Waals surface area (Å²) in [5.41, 5.74) is 0.541. The van der Waals surface area contributed by atoms with Crippen molar-refractivity contribution >= 4 is 34.4 Å². The number of halogens is 3. The van der Waals surface area contributed by atoms with E-state index in [1.54, 1.807) is 19.3 Å². The molecule has 0 fully saturated rings. The first-order chi connectivity index (χ1) is 10.6. The van der Waals surface area contributed by atoms with Gasteiger partial charge in [0.1, 0.15) is 17.1 Å². The summed E-state index contributed by atoms with van der Waals surface area (Å²) in [5.74, 6) is -1.91. The molecule has 3 N–H and O–H groups in total. The third-order valence-electron chi connectivity index (χ3n) is 2.33. The van der Waals surface area contributed by atoms with Gasteiger partial charge >= 0.3 is 18.2 Å². The molecule has 1 aromatic rings. The van der Waals surface area contributed by atoms with Gasteiger partial charge in [-0.1, -0.05) is 0 Å². The summed E-state index contributed by atoms with van der Waals surface area (Å²) < 4.78 is 44.2. The number of hydrogen-bond acceptors (Lipinski definition) is 7. The Hall–Kier alpha value is -2.37. The first kappa shape index (κ1) is 18.7. The summed E-state index contributed by atoms with van der Waals surface area (Å²) >= 11 is 1.03. The summed E-state index contributed by atoms with van der Waals surface area (Å²) in [6, 6.07) is -1.34. The molecule has 0 aliphatic carbocycles. The second-order valence-electron chi connectivity index (χ2n) is 4.14. The van der Waals surface area contributed by atoms with E-state index in [0.29, 0.717) is 10.7 Å². The molecule has 3 amide bonds. The van der Waals surface area contributed by atoms with Crippen LogP contribution in [0.1, 0.15) is 16.1 Å². The van der Waals surface area contributed by atoms with Crippen LogP contribution in [0.25, 0.3) is 0 Å². The summed E-state index contributed by atoms with van der Waals surface area (Å²) in [6.07, 6.45) is -4.60. The van der Waals surface area contributed by atoms with E-state index >= 15 is 0 Å². The Bertz CT molecular complexity index is 603. The highest BCUT2D eigenvalue weighted by molar-refractivity contribution is 7.10. The molecule has 0 unspecified atom stereocenters. The lowest BCUT2D eigenvalue weighted by atomic mass is 10.2. The molecule has 0 bridgehead atoms. The van der Waals surface area contributed by atoms with Gasteiger partial charge in [0.15, 0.2) is 6.61 Å². The second kappa shape index (κ2) is 7.76. The number of urea groups is 1. The molecule has 0 aromatic carbocycles. The van der Waals surface area contributed by atoms with Gasteiger partial charge < -0.3 is 15.4 Å². The minimum absolute atomic E-state index is 0.145. The Labute approximate surface area is 132 Å². The van der Waals surface area contributed by atoms with Crippen LogP contribution in [-0.2, 0) is 9.53 Å². The van der Waals surface area contributed by atoms with Gasteiger partial charge in [0.25, 0.3) is 5.91 Å². The van der Waals surface area contributed by atoms with Crippen LogP contribution < -0.4 is 16.0 Å². The molecular formula is C11H13F3N4O4S. The Kier molecular flexibility index (Phi) is 6.30. The zero-order valence-electron chi connectivity index (χ0n) is 12.0. The van der Waals surface area contributed by atoms with E-state index in [1.165, 1.54) is 5.32 Å². The van der Waals surface area contributed by atoms with Gasteiger partial charge in [0.05, 0.1) is 5.69 Å². The number of alkyl halides is 3. The van der Waals surface area contributed by atoms with Crippen LogP contribution in [-0.4, -0.2) is 48.7 Å². The normalized spacial score (nSPS) is 10.8. The van der Waals surface area contributed by atoms with E-state index in [9.17, 15) is 27.6 Å². The Morgan fingerprint density at radius 2 is 1.96 bits per heavy atom. The highest BCUT2D eigenvalue weighted by Crippen LogP contribution is 2.24. The number of ether oxygens (including phenoxy) is 1. The number of carbonyl (C=O) groups excluding carboxylic acids is 3. The van der Waals surface area contributed by atoms with Gasteiger partial charge in [0, 0.05) is 7.05 Å². The molecule has 128 valence electrons. The number of amides is 3. The molecule has 0 radical (unpaired) electrons. The quantitative estimate of drug-likeness (QED) is 0.682. The van der Waals surface area contributed by atoms with Crippen LogP contribution in [0.15, 0.2) is 0 Å². The lowest BCUT2D eigenvalue weighted by molar-refractivity contribution is -0.125. The molecule has 1 heterocycles. The van der Waals surface area contributed by atoms with Gasteiger partial charge in [0.2, 0.25) is 0 Å². The highest BCUT2D eigenvalue weighted by Gasteiger charge is 2.28. The van der Waals surface area contributed by atoms with Crippen LogP contribution in [0.4, 0.5) is 23.0 Å². The van der Waals surface area contributed by atoms with Gasteiger partial charge in [-0.3, -0.25) is 10.1 Å². The number of aromatic nitrogens is 1. The predicted octanol–water partition coefficient (Wildman–Crippen LogP) is 1.04. The Balaban J connectivity index is 2.45. The minimum Gasteiger partial charge on any atom is -0.452 e. The minimum atomic E-state index is -4.60. The van der Waals surface area contributed by atoms with Crippen molar-refractivity contribution < 1.29 is 32.3 Å². The third kappa shape index (κ3) is 6.10. The number of imide groups is 1. The van der Waals surface area contributed by atoms with Crippen LogP contribution in [0.3, 0.4) is 0 Å². The number of rotatable bonds is 5. The molecule has 0 aliphatic rings. The Morgan fingerprint density at radius 3 is 2.52 bits per heavy atom. The lowest BCUT2D eigenvalue weighted by Crippen LogP contribution is -2.44. The Morgan fingerprint density at radius 1 is 1.30 bits per heavy atom. The largest absolute Gasteiger partial charge is 0.452 e. The molecule has 0 spiro atoms. The highest BCUT2D eigenvalue weighted by atomic mass is 32.1. The van der Waals surface area contributed by atoms with Crippen molar-refractivity contribution in [1.82, 2.24) is 15.0 Å². The van der Waals surface area contributed by atoms with Crippen molar-refractivity contribution in [3.05, 3.63) is 11.3 Å². The van der Waals surface area contributed by atoms with Crippen molar-refractivity contribution in [3.63, 3.8) is 0 Å². The fourth-order valence-corrected chi connectivity index (χ4v) is 2.10. The van der Waals surface area contributed by atoms with Crippen molar-refractivity contribution in [2.45, 2.75) is 13.1 Å². The average Bonchev–Trinajstić information content (AvgIpc) is 2.83. The molecular weight excluding hydrogens is 341 g/mol. The zero-order chi connectivity index (χ0) is 17.6. The third-order valence-corrected chi connectivity index (χ3v) is 3.29. The SMILES string of the molecule is CNc1snc(C)c1C(=O)OCC(=O)NC(=O)NCC(F)(F)F. The van der Waals surface area contributed by atoms with Crippen molar-refractivity contribution in [2.24, 2.45) is 0 Å². The maximum atomic E-state index is 11.9. The number of nitrogens with zero attached hydrogens (tertiary/aromatic N) is 1. The summed E-state index contributed by atoms with van der Waals surface area (Å²) in [6.45, 7) is -0.841. The lowest BCUT2D eigenvalue weighted by Gasteiger charge is -2.09. The molecule has 23 heavy (non-hydrogen) atoms. The zero-order valence-corrected chi connectivity index (χ0v) is 12.9. The number of hydrogen-bond donors (Lipinski definition) is 3. The van der Waals surface area contributed by atoms with E-state index in [4.69, 9.17) is 4.74 Å². The average molecular weight is 354 g/mol. The van der Waals surface area contributed by atoms with Gasteiger partial charge in [-0.25, -0.2) is 9.59 Å². The number of aryl methyl sites for hydroxylation is 1. The molecule has 0 atom stereocenters. The fraction of sp³-hybridized carbons (Fsp3) is 0.455. The summed E-state index contributed by atoms with van der Waals surface area (Å²) in [4.78, 5) is 34.2. The number of nitrogens with one attached hydrogen (secondary N) is 3. The van der Waals surface area contributed by atoms with Crippen molar-refractivity contribution in [3.8, 4) is 0 Å². The molecule has 12 heteroatoms. The van der Waals surface area contributed by atoms with Crippen LogP contribution in [0.2, 0.25) is 0 Å². The van der Waals surface area contributed by atoms with E-state index in [0.717, 1.165) is 11.5 Å². The first-order valence-electron chi connectivity index (χ1n) is 6.09. The van der Waals surface area contributed by atoms with E-state index in [2.05, 4.69) is 9.69 Å². The molecule has 0 saturated heterocycles. The second-order valence-corrected chi connectivity index (χ2v) is 4.92. The number of esters is 1. The van der Waals surface area contributed by atoms with Gasteiger partial charge in [-0.05, 0) is 18.5 Å². The van der Waals surface area contributed by atoms with Gasteiger partial charge in [-0.15, -0.1) is 0 Å². The molecule has 8 nitrogen and oxygen atoms in total. The van der Waals surface area contributed by atoms with Crippen molar-refractivity contribution in [1.29, 1.82) is 0 Å². The fourth-order valence-electron chi connectivity index (χ4n) is 1.37. The van der Waals surface area contributed by atoms with E-state index < -0.39 is 37.2 Å². The van der Waals surface area contributed by atoms with Crippen LogP contribution >= 0.6 is 11.5 Å². The monoisotopic (exact) mass is 354 g/mol. The molecule has 0 saturated carbocycles. The number of anilines is 1. The smallest absolute Gasteiger partial charge is 0.405 e. The predicted molar refractivity (Wildman–Crippen MR) is 74.3 cm³/mol. The summed E-state index contributed by atoms with van der Waals surface area (Å²) in [5, 5.41) is 6.22. The molecule has 0 aliphatic heterocycles. The first-order valence-corrected chi connectivity index (χ1v) is 6.87. The standard InChI is InChI=1S/C11H13F3N4O4S/c1-5-7(8(15-2)23-18-5)9(20)22-3-6(19)17-10(21)16-4-11(12,13)14/h15H,3-4H2,1-2H3,(H2,16,17,19,21). The van der Waals surface area contributed by atoms with E-state index in [-0.39, 0.29) is 5.56 Å². The molecule has 1 rings (SSSR count). The molecule has 1 aromatic heterocycles. The van der Waals surface area contributed by atoms with Crippen molar-refractivity contribution in [2.75, 3.05) is 25.5 Å². The summed E-state index contributed by atoms with van der Waals surface area (Å²) in [7, 11) is 1.57. The van der Waals surface area contributed by atoms with Crippen LogP contribution in [0.5, 0.6) is 0 Å². The maximum absolute atomic E-state index is 11.9.